The van der Waals surface area contributed by atoms with E-state index in [2.05, 4.69) is 6.58 Å². The lowest BCUT2D eigenvalue weighted by molar-refractivity contribution is -0.519. The van der Waals surface area contributed by atoms with Gasteiger partial charge in [0.15, 0.2) is 0 Å². The van der Waals surface area contributed by atoms with Crippen molar-refractivity contribution in [3.8, 4) is 0 Å². The van der Waals surface area contributed by atoms with Gasteiger partial charge in [0.05, 0.1) is 0 Å². The van der Waals surface area contributed by atoms with Gasteiger partial charge < -0.3 is 4.74 Å². The Morgan fingerprint density at radius 2 is 0.542 bits per heavy atom. The monoisotopic (exact) mass is 966 g/mol. The molecule has 1 rings (SSSR count). The Morgan fingerprint density at radius 1 is 0.356 bits per heavy atom. The van der Waals surface area contributed by atoms with E-state index in [4.69, 9.17) is 0 Å². The first-order valence-corrected chi connectivity index (χ1v) is 12.8. The van der Waals surface area contributed by atoms with Crippen molar-refractivity contribution in [3.05, 3.63) is 12.2 Å². The van der Waals surface area contributed by atoms with Gasteiger partial charge in [0, 0.05) is 5.57 Å². The van der Waals surface area contributed by atoms with Gasteiger partial charge in [-0.1, -0.05) is 6.58 Å². The Labute approximate surface area is 296 Å². The summed E-state index contributed by atoms with van der Waals surface area (Å²) in [5, 5.41) is 0. The molecule has 2 nitrogen and oxygen atoms in total. The zero-order valence-electron chi connectivity index (χ0n) is 25.8. The molecule has 59 heavy (non-hydrogen) atoms. The third-order valence-corrected chi connectivity index (χ3v) is 7.75. The number of carbonyl (C=O) groups is 1. The zero-order valence-corrected chi connectivity index (χ0v) is 25.8. The van der Waals surface area contributed by atoms with E-state index in [1.165, 1.54) is 0 Å². The second-order valence-corrected chi connectivity index (χ2v) is 11.5. The van der Waals surface area contributed by atoms with Gasteiger partial charge in [-0.05, 0) is 6.92 Å². The van der Waals surface area contributed by atoms with Crippen molar-refractivity contribution in [2.24, 2.45) is 0 Å². The molecule has 0 aromatic heterocycles. The van der Waals surface area contributed by atoms with Crippen LogP contribution in [-0.4, -0.2) is 113 Å². The number of ether oxygens (including phenoxy) is 1. The van der Waals surface area contributed by atoms with Crippen molar-refractivity contribution < 1.29 is 163 Å². The zero-order chi connectivity index (χ0) is 48.9. The van der Waals surface area contributed by atoms with Crippen LogP contribution in [0.2, 0.25) is 0 Å². The first-order chi connectivity index (χ1) is 24.8. The molecular formula is C22H5F35O2. The van der Waals surface area contributed by atoms with Crippen LogP contribution in [0, 0.1) is 0 Å². The molecule has 37 heteroatoms. The molecule has 0 aromatic rings. The quantitative estimate of drug-likeness (QED) is 0.138. The van der Waals surface area contributed by atoms with Gasteiger partial charge in [-0.2, -0.15) is 149 Å². The van der Waals surface area contributed by atoms with Gasteiger partial charge in [0.25, 0.3) is 0 Å². The van der Waals surface area contributed by atoms with Crippen molar-refractivity contribution in [1.29, 1.82) is 0 Å². The van der Waals surface area contributed by atoms with Gasteiger partial charge in [-0.15, -0.1) is 0 Å². The first-order valence-electron chi connectivity index (χ1n) is 12.8. The van der Waals surface area contributed by atoms with Gasteiger partial charge in [0.1, 0.15) is 0 Å². The molecule has 0 bridgehead atoms. The second kappa shape index (κ2) is 12.7. The topological polar surface area (TPSA) is 26.3 Å². The summed E-state index contributed by atoms with van der Waals surface area (Å²) < 4.78 is 500. The lowest BCUT2D eigenvalue weighted by Gasteiger charge is -2.53. The van der Waals surface area contributed by atoms with Crippen LogP contribution in [-0.2, 0) is 9.53 Å². The van der Waals surface area contributed by atoms with Crippen molar-refractivity contribution in [3.63, 3.8) is 0 Å². The fourth-order valence-corrected chi connectivity index (χ4v) is 4.06. The number of halogens is 35. The van der Waals surface area contributed by atoms with E-state index in [1.807, 2.05) is 4.74 Å². The Morgan fingerprint density at radius 3 is 0.746 bits per heavy atom. The standard InChI is InChI=1S/C22H5F35O2/c1-3(2)4(58)59-22(56,57)21(54,55)20(52,53)14(40,41)11(34,35)8(28,29)5(23)6(24,25)9(30,31)12(36,37)15(42,43)17(46,47)19(50,51)18(48,49)16(44,45)13(38,39)10(32,33)7(5,26)27/h1H2,2H3. The third kappa shape index (κ3) is 5.42. The minimum Gasteiger partial charge on any atom is -0.393 e. The molecule has 0 heterocycles. The maximum atomic E-state index is 15.5. The summed E-state index contributed by atoms with van der Waals surface area (Å²) in [7, 11) is 0. The molecule has 1 fully saturated rings. The summed E-state index contributed by atoms with van der Waals surface area (Å²) in [5.41, 5.74) is -13.4. The van der Waals surface area contributed by atoms with Crippen LogP contribution >= 0.6 is 0 Å². The van der Waals surface area contributed by atoms with E-state index in [0.29, 0.717) is 0 Å². The smallest absolute Gasteiger partial charge is 0.393 e. The highest BCUT2D eigenvalue weighted by Crippen LogP contribution is 2.75. The van der Waals surface area contributed by atoms with Gasteiger partial charge in [-0.25, -0.2) is 9.18 Å². The highest BCUT2D eigenvalue weighted by Gasteiger charge is 3.08. The summed E-state index contributed by atoms with van der Waals surface area (Å²) >= 11 is 0. The molecule has 1 saturated carbocycles. The first kappa shape index (κ1) is 53.8. The number of alkyl halides is 35. The Hall–Kier alpha value is -3.24. The maximum absolute atomic E-state index is 15.5. The fourth-order valence-electron chi connectivity index (χ4n) is 4.06. The second-order valence-electron chi connectivity index (χ2n) is 11.5. The van der Waals surface area contributed by atoms with Gasteiger partial charge in [-0.3, -0.25) is 0 Å². The lowest BCUT2D eigenvalue weighted by Crippen LogP contribution is -2.87. The van der Waals surface area contributed by atoms with E-state index >= 15 is 4.39 Å². The van der Waals surface area contributed by atoms with Crippen LogP contribution in [0.5, 0.6) is 0 Å². The summed E-state index contributed by atoms with van der Waals surface area (Å²) in [5.74, 6) is -170. The van der Waals surface area contributed by atoms with Crippen molar-refractivity contribution in [2.45, 2.75) is 113 Å². The fraction of sp³-hybridized carbons (Fsp3) is 0.864. The molecule has 0 unspecified atom stereocenters. The summed E-state index contributed by atoms with van der Waals surface area (Å²) in [6.07, 6.45) is -8.10. The molecule has 350 valence electrons. The van der Waals surface area contributed by atoms with E-state index in [0.717, 1.165) is 0 Å². The van der Waals surface area contributed by atoms with Gasteiger partial charge >= 0.3 is 113 Å². The van der Waals surface area contributed by atoms with Crippen LogP contribution in [0.4, 0.5) is 154 Å². The summed E-state index contributed by atoms with van der Waals surface area (Å²) in [6, 6.07) is 0. The molecule has 0 radical (unpaired) electrons. The molecule has 0 saturated heterocycles. The molecular weight excluding hydrogens is 961 g/mol. The Balaban J connectivity index is 4.93. The molecule has 0 aromatic carbocycles. The van der Waals surface area contributed by atoms with Crippen molar-refractivity contribution in [1.82, 2.24) is 0 Å². The number of hydrogen-bond donors (Lipinski definition) is 0. The predicted octanol–water partition coefficient (Wildman–Crippen LogP) is 11.6. The molecule has 0 N–H and O–H groups in total. The minimum atomic E-state index is -11.6. The maximum Gasteiger partial charge on any atom is 0.473 e. The van der Waals surface area contributed by atoms with E-state index in [-0.39, 0.29) is 6.92 Å². The summed E-state index contributed by atoms with van der Waals surface area (Å²) in [6.45, 7) is 2.16. The SMILES string of the molecule is C=C(C)C(=O)OC(F)(F)C(F)(F)C(F)(F)C(F)(F)C(F)(F)C(F)(F)C1(F)C(F)(F)C(F)(F)C(F)(F)C(F)(F)C(F)(F)C(F)(F)C(F)(F)C(F)(F)C(F)(F)C(F)(F)C1(F)F. The molecule has 0 aliphatic heterocycles. The van der Waals surface area contributed by atoms with E-state index in [1.54, 1.807) is 0 Å². The largest absolute Gasteiger partial charge is 0.473 e. The number of esters is 1. The number of rotatable bonds is 8. The molecule has 0 spiro atoms. The van der Waals surface area contributed by atoms with Crippen LogP contribution < -0.4 is 0 Å². The highest BCUT2D eigenvalue weighted by molar-refractivity contribution is 5.87. The van der Waals surface area contributed by atoms with E-state index in [9.17, 15) is 154 Å². The Kier molecular flexibility index (Phi) is 11.5. The average molecular weight is 966 g/mol. The van der Waals surface area contributed by atoms with Crippen molar-refractivity contribution in [2.75, 3.05) is 0 Å². The molecule has 1 aliphatic carbocycles. The summed E-state index contributed by atoms with van der Waals surface area (Å²) in [4.78, 5) is 11.0. The van der Waals surface area contributed by atoms with Crippen LogP contribution in [0.25, 0.3) is 0 Å². The Bertz CT molecular complexity index is 1600. The van der Waals surface area contributed by atoms with Gasteiger partial charge in [0.2, 0.25) is 0 Å². The molecule has 0 atom stereocenters. The van der Waals surface area contributed by atoms with E-state index < -0.39 is 118 Å². The van der Waals surface area contributed by atoms with Crippen LogP contribution in [0.15, 0.2) is 12.2 Å². The molecule has 0 amide bonds. The predicted molar refractivity (Wildman–Crippen MR) is 109 cm³/mol. The lowest BCUT2D eigenvalue weighted by atomic mass is 9.70. The minimum absolute atomic E-state index is 0.0138. The van der Waals surface area contributed by atoms with Crippen LogP contribution in [0.1, 0.15) is 6.92 Å². The number of carbonyl (C=O) groups excluding carboxylic acids is 1. The highest BCUT2D eigenvalue weighted by atomic mass is 19.4. The molecule has 1 aliphatic rings. The third-order valence-electron chi connectivity index (χ3n) is 7.75. The van der Waals surface area contributed by atoms with Crippen molar-refractivity contribution >= 4 is 5.97 Å². The average Bonchev–Trinajstić information content (AvgIpc) is 3.01. The van der Waals surface area contributed by atoms with Crippen LogP contribution in [0.3, 0.4) is 0 Å². The normalized spacial score (nSPS) is 27.1. The number of hydrogen-bond acceptors (Lipinski definition) is 2.